The Kier molecular flexibility index (Phi) is 9.69. The van der Waals surface area contributed by atoms with E-state index in [2.05, 4.69) is 21.8 Å². The first-order valence-corrected chi connectivity index (χ1v) is 18.4. The van der Waals surface area contributed by atoms with Gasteiger partial charge in [-0.2, -0.15) is 0 Å². The highest BCUT2D eigenvalue weighted by atomic mass is 35.5. The molecule has 2 bridgehead atoms. The Labute approximate surface area is 276 Å². The van der Waals surface area contributed by atoms with E-state index in [0.717, 1.165) is 37.8 Å². The lowest BCUT2D eigenvalue weighted by atomic mass is 9.68. The van der Waals surface area contributed by atoms with Gasteiger partial charge in [-0.25, -0.2) is 13.1 Å². The van der Waals surface area contributed by atoms with Crippen molar-refractivity contribution in [1.29, 1.82) is 0 Å². The minimum atomic E-state index is -3.93. The molecular formula is C35H43ClN2O7S. The number of hydrogen-bond donors (Lipinski definition) is 2. The lowest BCUT2D eigenvalue weighted by Gasteiger charge is -2.46. The predicted molar refractivity (Wildman–Crippen MR) is 177 cm³/mol. The summed E-state index contributed by atoms with van der Waals surface area (Å²) in [6, 6.07) is 11.3. The van der Waals surface area contributed by atoms with Gasteiger partial charge in [-0.1, -0.05) is 36.7 Å². The highest BCUT2D eigenvalue weighted by Gasteiger charge is 2.44. The minimum absolute atomic E-state index is 0.0802. The molecule has 4 aliphatic rings. The standard InChI is InChI=1S/C35H43ClN2O7S/c1-2-27-7-3-4-8-31(44-17-15-33(39)40)28-12-9-25(28)20-38-21-35(16-5-6-23-18-26(36)11-13-29(23)35)22-45-32-14-10-24(19-30(32)38)34(41)37-46(27,42)43/h4,8,10-11,13-14,18-19,25,27-28,31H,2-3,5-7,9,12,15-17,20-22H2,1H3,(H,37,41)(H,39,40)/b8-4-/t25-,27+,28+,31+,35-/m0/s1. The summed E-state index contributed by atoms with van der Waals surface area (Å²) >= 11 is 6.41. The Bertz CT molecular complexity index is 1610. The van der Waals surface area contributed by atoms with Crippen LogP contribution in [0, 0.1) is 11.8 Å². The predicted octanol–water partition coefficient (Wildman–Crippen LogP) is 5.89. The van der Waals surface area contributed by atoms with Gasteiger partial charge < -0.3 is 19.5 Å². The first kappa shape index (κ1) is 32.8. The number of aliphatic carboxylic acids is 1. The van der Waals surface area contributed by atoms with Crippen LogP contribution in [0.2, 0.25) is 5.02 Å². The van der Waals surface area contributed by atoms with E-state index in [1.54, 1.807) is 25.1 Å². The normalized spacial score (nSPS) is 29.7. The number of aryl methyl sites for hydroxylation is 1. The summed E-state index contributed by atoms with van der Waals surface area (Å²) in [5.41, 5.74) is 3.21. The van der Waals surface area contributed by atoms with Gasteiger partial charge >= 0.3 is 5.97 Å². The fourth-order valence-electron chi connectivity index (χ4n) is 7.76. The van der Waals surface area contributed by atoms with Crippen LogP contribution in [0.5, 0.6) is 5.75 Å². The first-order valence-electron chi connectivity index (χ1n) is 16.5. The van der Waals surface area contributed by atoms with Crippen molar-refractivity contribution in [2.24, 2.45) is 11.8 Å². The second-order valence-corrected chi connectivity index (χ2v) is 15.7. The van der Waals surface area contributed by atoms with E-state index in [4.69, 9.17) is 21.1 Å². The van der Waals surface area contributed by atoms with Gasteiger partial charge in [-0.3, -0.25) is 9.59 Å². The SMILES string of the molecule is CC[C@@H]1CC/C=C\[C@@H](OCCC(=O)O)[C@@H]2CC[C@H]2CN2C[C@@]3(CCCc4cc(Cl)ccc43)COc3ccc(cc32)C(=O)NS1(=O)=O. The van der Waals surface area contributed by atoms with E-state index in [0.29, 0.717) is 49.7 Å². The molecule has 1 fully saturated rings. The van der Waals surface area contributed by atoms with Crippen LogP contribution in [-0.2, 0) is 31.4 Å². The van der Waals surface area contributed by atoms with Crippen molar-refractivity contribution in [1.82, 2.24) is 4.72 Å². The molecule has 2 heterocycles. The second-order valence-electron chi connectivity index (χ2n) is 13.3. The zero-order valence-electron chi connectivity index (χ0n) is 26.3. The van der Waals surface area contributed by atoms with Gasteiger partial charge in [-0.05, 0) is 105 Å². The molecule has 248 valence electrons. The summed E-state index contributed by atoms with van der Waals surface area (Å²) < 4.78 is 41.7. The third-order valence-electron chi connectivity index (χ3n) is 10.4. The number of carbonyl (C=O) groups excluding carboxylic acids is 1. The fourth-order valence-corrected chi connectivity index (χ4v) is 9.38. The summed E-state index contributed by atoms with van der Waals surface area (Å²) in [5, 5.41) is 9.22. The molecule has 2 aliphatic carbocycles. The smallest absolute Gasteiger partial charge is 0.305 e. The lowest BCUT2D eigenvalue weighted by Crippen LogP contribution is -2.49. The van der Waals surface area contributed by atoms with Crippen LogP contribution in [0.3, 0.4) is 0 Å². The van der Waals surface area contributed by atoms with E-state index in [1.807, 2.05) is 18.2 Å². The van der Waals surface area contributed by atoms with Gasteiger partial charge in [0.15, 0.2) is 0 Å². The quantitative estimate of drug-likeness (QED) is 0.378. The summed E-state index contributed by atoms with van der Waals surface area (Å²) in [7, 11) is -3.93. The summed E-state index contributed by atoms with van der Waals surface area (Å²) in [6.07, 6.45) is 9.64. The number of carbonyl (C=O) groups is 2. The highest BCUT2D eigenvalue weighted by Crippen LogP contribution is 2.47. The molecular weight excluding hydrogens is 628 g/mol. The Hall–Kier alpha value is -3.08. The number of carboxylic acids is 1. The van der Waals surface area contributed by atoms with Crippen LogP contribution in [0.1, 0.15) is 79.8 Å². The molecule has 1 saturated carbocycles. The molecule has 0 aromatic heterocycles. The van der Waals surface area contributed by atoms with Crippen LogP contribution in [0.4, 0.5) is 5.69 Å². The van der Waals surface area contributed by atoms with E-state index >= 15 is 0 Å². The molecule has 0 radical (unpaired) electrons. The number of ether oxygens (including phenoxy) is 2. The number of halogens is 1. The largest absolute Gasteiger partial charge is 0.490 e. The van der Waals surface area contributed by atoms with E-state index in [9.17, 15) is 23.1 Å². The molecule has 2 aromatic carbocycles. The lowest BCUT2D eigenvalue weighted by molar-refractivity contribution is -0.139. The molecule has 9 nitrogen and oxygen atoms in total. The number of nitrogens with zero attached hydrogens (tertiary/aromatic N) is 1. The number of sulfonamides is 1. The van der Waals surface area contributed by atoms with Gasteiger partial charge in [0.05, 0.1) is 36.7 Å². The van der Waals surface area contributed by atoms with Crippen molar-refractivity contribution in [3.8, 4) is 5.75 Å². The molecule has 2 aromatic rings. The average Bonchev–Trinajstić information content (AvgIpc) is 3.15. The van der Waals surface area contributed by atoms with Crippen molar-refractivity contribution in [2.45, 2.75) is 81.5 Å². The number of benzene rings is 2. The van der Waals surface area contributed by atoms with Crippen molar-refractivity contribution in [2.75, 3.05) is 31.2 Å². The first-order chi connectivity index (χ1) is 22.1. The molecule has 11 heteroatoms. The number of rotatable bonds is 5. The third-order valence-corrected chi connectivity index (χ3v) is 12.5. The van der Waals surface area contributed by atoms with Crippen LogP contribution < -0.4 is 14.4 Å². The zero-order chi connectivity index (χ0) is 32.5. The Morgan fingerprint density at radius 1 is 1.20 bits per heavy atom. The topological polar surface area (TPSA) is 122 Å². The number of amides is 1. The number of fused-ring (bicyclic) bond motifs is 4. The number of nitrogens with one attached hydrogen (secondary N) is 1. The van der Waals surface area contributed by atoms with Crippen LogP contribution in [0.25, 0.3) is 0 Å². The summed E-state index contributed by atoms with van der Waals surface area (Å²) in [4.78, 5) is 27.0. The van der Waals surface area contributed by atoms with E-state index < -0.39 is 27.1 Å². The second kappa shape index (κ2) is 13.6. The van der Waals surface area contributed by atoms with Crippen LogP contribution >= 0.6 is 11.6 Å². The monoisotopic (exact) mass is 670 g/mol. The van der Waals surface area contributed by atoms with Crippen molar-refractivity contribution in [3.05, 3.63) is 70.3 Å². The molecule has 46 heavy (non-hydrogen) atoms. The van der Waals surface area contributed by atoms with E-state index in [-0.39, 0.29) is 41.9 Å². The number of carboxylic acid groups (broad SMARTS) is 1. The molecule has 2 aliphatic heterocycles. The van der Waals surface area contributed by atoms with Gasteiger partial charge in [0, 0.05) is 29.1 Å². The fraction of sp³-hybridized carbons (Fsp3) is 0.543. The van der Waals surface area contributed by atoms with Crippen LogP contribution in [-0.4, -0.2) is 63.1 Å². The maximum absolute atomic E-state index is 13.4. The van der Waals surface area contributed by atoms with Crippen molar-refractivity contribution < 1.29 is 32.6 Å². The van der Waals surface area contributed by atoms with Crippen molar-refractivity contribution >= 4 is 39.2 Å². The summed E-state index contributed by atoms with van der Waals surface area (Å²) in [5.74, 6) is -0.443. The maximum atomic E-state index is 13.4. The minimum Gasteiger partial charge on any atom is -0.490 e. The molecule has 5 atom stereocenters. The zero-order valence-corrected chi connectivity index (χ0v) is 27.8. The maximum Gasteiger partial charge on any atom is 0.305 e. The highest BCUT2D eigenvalue weighted by molar-refractivity contribution is 7.90. The molecule has 0 unspecified atom stereocenters. The Balaban J connectivity index is 1.40. The third kappa shape index (κ3) is 6.80. The van der Waals surface area contributed by atoms with Gasteiger partial charge in [0.2, 0.25) is 10.0 Å². The Morgan fingerprint density at radius 2 is 2.04 bits per heavy atom. The number of allylic oxidation sites excluding steroid dienone is 1. The molecule has 6 rings (SSSR count). The Morgan fingerprint density at radius 3 is 2.80 bits per heavy atom. The van der Waals surface area contributed by atoms with Gasteiger partial charge in [0.25, 0.3) is 5.91 Å². The molecule has 0 saturated heterocycles. The van der Waals surface area contributed by atoms with Gasteiger partial charge in [0.1, 0.15) is 5.75 Å². The van der Waals surface area contributed by atoms with Crippen molar-refractivity contribution in [3.63, 3.8) is 0 Å². The van der Waals surface area contributed by atoms with E-state index in [1.165, 1.54) is 11.1 Å². The van der Waals surface area contributed by atoms with Crippen LogP contribution in [0.15, 0.2) is 48.6 Å². The number of hydrogen-bond acceptors (Lipinski definition) is 7. The average molecular weight is 671 g/mol. The van der Waals surface area contributed by atoms with Gasteiger partial charge in [-0.15, -0.1) is 0 Å². The molecule has 1 spiro atoms. The summed E-state index contributed by atoms with van der Waals surface area (Å²) in [6.45, 7) is 3.75. The number of anilines is 1. The molecule has 1 amide bonds. The molecule has 2 N–H and O–H groups in total.